The van der Waals surface area contributed by atoms with E-state index in [2.05, 4.69) is 5.32 Å². The maximum Gasteiger partial charge on any atom is 0.306 e. The van der Waals surface area contributed by atoms with Crippen molar-refractivity contribution in [1.82, 2.24) is 5.32 Å². The van der Waals surface area contributed by atoms with Crippen molar-refractivity contribution in [3.63, 3.8) is 0 Å². The third-order valence-corrected chi connectivity index (χ3v) is 2.71. The molecular formula is C12H15NO4. The van der Waals surface area contributed by atoms with Crippen LogP contribution in [0.5, 0.6) is 5.75 Å². The van der Waals surface area contributed by atoms with Crippen LogP contribution in [0.2, 0.25) is 0 Å². The highest BCUT2D eigenvalue weighted by molar-refractivity contribution is 5.67. The molecular weight excluding hydrogens is 222 g/mol. The molecule has 92 valence electrons. The molecule has 0 saturated heterocycles. The van der Waals surface area contributed by atoms with Gasteiger partial charge in [-0.15, -0.1) is 0 Å². The van der Waals surface area contributed by atoms with Crippen LogP contribution >= 0.6 is 0 Å². The molecule has 1 heterocycles. The van der Waals surface area contributed by atoms with Crippen LogP contribution < -0.4 is 10.1 Å². The van der Waals surface area contributed by atoms with E-state index >= 15 is 0 Å². The second kappa shape index (κ2) is 5.16. The Morgan fingerprint density at radius 3 is 3.06 bits per heavy atom. The van der Waals surface area contributed by atoms with Crippen molar-refractivity contribution in [2.45, 2.75) is 18.6 Å². The van der Waals surface area contributed by atoms with Gasteiger partial charge in [0.15, 0.2) is 0 Å². The minimum atomic E-state index is -0.998. The number of para-hydroxylation sites is 1. The van der Waals surface area contributed by atoms with Crippen molar-refractivity contribution in [3.8, 4) is 5.75 Å². The number of benzene rings is 1. The summed E-state index contributed by atoms with van der Waals surface area (Å²) in [5.74, 6) is -0.153. The zero-order valence-electron chi connectivity index (χ0n) is 9.30. The van der Waals surface area contributed by atoms with Gasteiger partial charge in [-0.1, -0.05) is 18.2 Å². The highest BCUT2D eigenvalue weighted by Gasteiger charge is 2.23. The average Bonchev–Trinajstić information content (AvgIpc) is 2.69. The van der Waals surface area contributed by atoms with Gasteiger partial charge in [0.05, 0.1) is 18.6 Å². The molecule has 3 N–H and O–H groups in total. The fourth-order valence-electron chi connectivity index (χ4n) is 1.88. The zero-order chi connectivity index (χ0) is 12.3. The molecule has 0 bridgehead atoms. The number of carbonyl (C=O) groups is 1. The first-order chi connectivity index (χ1) is 8.16. The van der Waals surface area contributed by atoms with Crippen LogP contribution in [0.1, 0.15) is 18.0 Å². The Kier molecular flexibility index (Phi) is 3.61. The Bertz CT molecular complexity index is 407. The predicted molar refractivity (Wildman–Crippen MR) is 60.9 cm³/mol. The van der Waals surface area contributed by atoms with Gasteiger partial charge >= 0.3 is 5.97 Å². The van der Waals surface area contributed by atoms with Crippen molar-refractivity contribution in [3.05, 3.63) is 29.8 Å². The van der Waals surface area contributed by atoms with Crippen LogP contribution in [0.3, 0.4) is 0 Å². The lowest BCUT2D eigenvalue weighted by Crippen LogP contribution is -2.32. The van der Waals surface area contributed by atoms with Crippen LogP contribution in [0.25, 0.3) is 0 Å². The summed E-state index contributed by atoms with van der Waals surface area (Å²) in [4.78, 5) is 10.4. The minimum absolute atomic E-state index is 0.0228. The third-order valence-electron chi connectivity index (χ3n) is 2.71. The van der Waals surface area contributed by atoms with Gasteiger partial charge in [-0.25, -0.2) is 0 Å². The summed E-state index contributed by atoms with van der Waals surface area (Å²) in [6.45, 7) is 0.758. The van der Waals surface area contributed by atoms with E-state index in [1.807, 2.05) is 24.3 Å². The van der Waals surface area contributed by atoms with E-state index in [1.54, 1.807) is 0 Å². The molecule has 0 radical (unpaired) electrons. The molecule has 0 aromatic heterocycles. The van der Waals surface area contributed by atoms with Gasteiger partial charge in [-0.05, 0) is 6.07 Å². The topological polar surface area (TPSA) is 78.8 Å². The number of rotatable bonds is 5. The molecule has 1 aliphatic heterocycles. The maximum atomic E-state index is 10.4. The van der Waals surface area contributed by atoms with Crippen LogP contribution in [0.4, 0.5) is 0 Å². The number of nitrogens with one attached hydrogen (secondary N) is 1. The number of carboxylic acids is 1. The van der Waals surface area contributed by atoms with E-state index in [1.165, 1.54) is 0 Å². The molecule has 1 aromatic carbocycles. The molecule has 0 spiro atoms. The molecule has 2 unspecified atom stereocenters. The first kappa shape index (κ1) is 11.9. The van der Waals surface area contributed by atoms with Gasteiger partial charge < -0.3 is 20.3 Å². The molecule has 5 nitrogen and oxygen atoms in total. The summed E-state index contributed by atoms with van der Waals surface area (Å²) in [7, 11) is 0. The number of carboxylic acid groups (broad SMARTS) is 1. The third kappa shape index (κ3) is 2.95. The molecule has 1 aliphatic rings. The standard InChI is InChI=1S/C12H15NO4/c14-8(5-12(15)16)6-13-10-7-17-11-4-2-1-3-9(10)11/h1-4,8,10,13-14H,5-7H2,(H,15,16). The summed E-state index contributed by atoms with van der Waals surface area (Å²) < 4.78 is 5.46. The second-order valence-electron chi connectivity index (χ2n) is 4.06. The number of aliphatic hydroxyl groups is 1. The molecule has 2 rings (SSSR count). The van der Waals surface area contributed by atoms with Gasteiger partial charge in [0.2, 0.25) is 0 Å². The first-order valence-corrected chi connectivity index (χ1v) is 5.52. The fraction of sp³-hybridized carbons (Fsp3) is 0.417. The zero-order valence-corrected chi connectivity index (χ0v) is 9.30. The highest BCUT2D eigenvalue weighted by atomic mass is 16.5. The quantitative estimate of drug-likeness (QED) is 0.696. The van der Waals surface area contributed by atoms with Crippen molar-refractivity contribution in [2.24, 2.45) is 0 Å². The number of ether oxygens (including phenoxy) is 1. The lowest BCUT2D eigenvalue weighted by Gasteiger charge is -2.14. The van der Waals surface area contributed by atoms with Crippen molar-refractivity contribution in [1.29, 1.82) is 0 Å². The van der Waals surface area contributed by atoms with Crippen molar-refractivity contribution >= 4 is 5.97 Å². The highest BCUT2D eigenvalue weighted by Crippen LogP contribution is 2.31. The lowest BCUT2D eigenvalue weighted by atomic mass is 10.1. The Hall–Kier alpha value is -1.59. The monoisotopic (exact) mass is 237 g/mol. The normalized spacial score (nSPS) is 19.5. The predicted octanol–water partition coefficient (Wildman–Crippen LogP) is 0.545. The van der Waals surface area contributed by atoms with Gasteiger partial charge in [0, 0.05) is 12.1 Å². The molecule has 17 heavy (non-hydrogen) atoms. The number of aliphatic carboxylic acids is 1. The average molecular weight is 237 g/mol. The summed E-state index contributed by atoms with van der Waals surface area (Å²) in [5.41, 5.74) is 1.05. The number of hydrogen-bond donors (Lipinski definition) is 3. The van der Waals surface area contributed by atoms with Gasteiger partial charge in [0.1, 0.15) is 12.4 Å². The summed E-state index contributed by atoms with van der Waals surface area (Å²) in [6, 6.07) is 7.71. The van der Waals surface area contributed by atoms with Crippen LogP contribution in [0, 0.1) is 0 Å². The Morgan fingerprint density at radius 1 is 1.53 bits per heavy atom. The van der Waals surface area contributed by atoms with E-state index in [0.717, 1.165) is 11.3 Å². The molecule has 5 heteroatoms. The SMILES string of the molecule is O=C(O)CC(O)CNC1COc2ccccc21. The molecule has 1 aromatic rings. The molecule has 0 amide bonds. The summed E-state index contributed by atoms with van der Waals surface area (Å²) >= 11 is 0. The summed E-state index contributed by atoms with van der Waals surface area (Å²) in [6.07, 6.45) is -1.12. The fourth-order valence-corrected chi connectivity index (χ4v) is 1.88. The van der Waals surface area contributed by atoms with E-state index in [9.17, 15) is 9.90 Å². The minimum Gasteiger partial charge on any atom is -0.491 e. The first-order valence-electron chi connectivity index (χ1n) is 5.52. The van der Waals surface area contributed by atoms with Crippen molar-refractivity contribution in [2.75, 3.05) is 13.2 Å². The second-order valence-corrected chi connectivity index (χ2v) is 4.06. The Balaban J connectivity index is 1.87. The number of aliphatic hydroxyl groups excluding tert-OH is 1. The lowest BCUT2D eigenvalue weighted by molar-refractivity contribution is -0.139. The molecule has 0 saturated carbocycles. The van der Waals surface area contributed by atoms with Gasteiger partial charge in [-0.3, -0.25) is 4.79 Å². The van der Waals surface area contributed by atoms with Gasteiger partial charge in [0.25, 0.3) is 0 Å². The Labute approximate surface area is 99.0 Å². The molecule has 0 aliphatic carbocycles. The van der Waals surface area contributed by atoms with Crippen molar-refractivity contribution < 1.29 is 19.7 Å². The number of hydrogen-bond acceptors (Lipinski definition) is 4. The number of fused-ring (bicyclic) bond motifs is 1. The van der Waals surface area contributed by atoms with Crippen LogP contribution in [0.15, 0.2) is 24.3 Å². The van der Waals surface area contributed by atoms with E-state index in [-0.39, 0.29) is 19.0 Å². The smallest absolute Gasteiger partial charge is 0.306 e. The van der Waals surface area contributed by atoms with E-state index < -0.39 is 12.1 Å². The summed E-state index contributed by atoms with van der Waals surface area (Å²) in [5, 5.41) is 21.1. The van der Waals surface area contributed by atoms with Crippen LogP contribution in [-0.2, 0) is 4.79 Å². The maximum absolute atomic E-state index is 10.4. The van der Waals surface area contributed by atoms with Crippen LogP contribution in [-0.4, -0.2) is 35.4 Å². The molecule has 0 fully saturated rings. The Morgan fingerprint density at radius 2 is 2.29 bits per heavy atom. The molecule has 2 atom stereocenters. The van der Waals surface area contributed by atoms with Gasteiger partial charge in [-0.2, -0.15) is 0 Å². The van der Waals surface area contributed by atoms with E-state index in [0.29, 0.717) is 6.61 Å². The van der Waals surface area contributed by atoms with E-state index in [4.69, 9.17) is 9.84 Å². The largest absolute Gasteiger partial charge is 0.491 e.